The van der Waals surface area contributed by atoms with Crippen LogP contribution in [0, 0.1) is 0 Å². The van der Waals surface area contributed by atoms with Crippen LogP contribution in [-0.2, 0) is 19.1 Å². The molecule has 40 heavy (non-hydrogen) atoms. The van der Waals surface area contributed by atoms with Crippen LogP contribution in [0.15, 0.2) is 83.2 Å². The number of carbonyl (C=O) groups is 2. The largest absolute Gasteiger partial charge is 0.494 e. The van der Waals surface area contributed by atoms with Crippen LogP contribution in [0.4, 0.5) is 0 Å². The van der Waals surface area contributed by atoms with E-state index in [-0.39, 0.29) is 0 Å². The Labute approximate surface area is 234 Å². The molecule has 8 heteroatoms. The van der Waals surface area contributed by atoms with Gasteiger partial charge in [-0.1, -0.05) is 36.4 Å². The SMILES string of the molecule is COC(=O)C1=C(C)N(CCCOc2ccc3ccccc3c2)C(C)=C(C(=O)OC)C1c1ccc(OC)c(OC)c1. The molecular weight excluding hydrogens is 510 g/mol. The van der Waals surface area contributed by atoms with Crippen LogP contribution in [0.1, 0.15) is 31.7 Å². The molecule has 0 radical (unpaired) electrons. The van der Waals surface area contributed by atoms with E-state index < -0.39 is 17.9 Å². The van der Waals surface area contributed by atoms with Crippen LogP contribution >= 0.6 is 0 Å². The fourth-order valence-corrected chi connectivity index (χ4v) is 5.23. The van der Waals surface area contributed by atoms with Gasteiger partial charge in [0.05, 0.1) is 52.1 Å². The average Bonchev–Trinajstić information content (AvgIpc) is 2.99. The molecule has 0 aliphatic carbocycles. The van der Waals surface area contributed by atoms with Crippen molar-refractivity contribution in [3.8, 4) is 17.2 Å². The topological polar surface area (TPSA) is 83.5 Å². The molecule has 0 spiro atoms. The van der Waals surface area contributed by atoms with Crippen molar-refractivity contribution in [2.45, 2.75) is 26.2 Å². The third-order valence-electron chi connectivity index (χ3n) is 7.23. The van der Waals surface area contributed by atoms with Gasteiger partial charge in [0.1, 0.15) is 5.75 Å². The number of allylic oxidation sites excluding steroid dienone is 2. The summed E-state index contributed by atoms with van der Waals surface area (Å²) in [5, 5.41) is 2.26. The Kier molecular flexibility index (Phi) is 8.99. The summed E-state index contributed by atoms with van der Waals surface area (Å²) < 4.78 is 27.3. The monoisotopic (exact) mass is 545 g/mol. The van der Waals surface area contributed by atoms with Crippen molar-refractivity contribution in [3.05, 3.63) is 88.8 Å². The number of esters is 2. The van der Waals surface area contributed by atoms with E-state index >= 15 is 0 Å². The predicted molar refractivity (Wildman–Crippen MR) is 152 cm³/mol. The van der Waals surface area contributed by atoms with Crippen LogP contribution in [0.5, 0.6) is 17.2 Å². The van der Waals surface area contributed by atoms with Gasteiger partial charge in [-0.3, -0.25) is 0 Å². The summed E-state index contributed by atoms with van der Waals surface area (Å²) in [6, 6.07) is 19.5. The highest BCUT2D eigenvalue weighted by atomic mass is 16.5. The molecule has 3 aromatic rings. The molecule has 0 unspecified atom stereocenters. The second-order valence-corrected chi connectivity index (χ2v) is 9.39. The number of hydrogen-bond acceptors (Lipinski definition) is 8. The maximum atomic E-state index is 13.2. The van der Waals surface area contributed by atoms with E-state index in [0.29, 0.717) is 59.2 Å². The molecule has 1 aliphatic heterocycles. The van der Waals surface area contributed by atoms with Crippen molar-refractivity contribution >= 4 is 22.7 Å². The van der Waals surface area contributed by atoms with Crippen molar-refractivity contribution in [1.82, 2.24) is 4.90 Å². The van der Waals surface area contributed by atoms with Gasteiger partial charge in [-0.2, -0.15) is 0 Å². The molecule has 4 rings (SSSR count). The minimum absolute atomic E-state index is 0.358. The number of fused-ring (bicyclic) bond motifs is 1. The van der Waals surface area contributed by atoms with Crippen LogP contribution in [-0.4, -0.2) is 58.4 Å². The lowest BCUT2D eigenvalue weighted by Crippen LogP contribution is -2.36. The number of ether oxygens (including phenoxy) is 5. The number of nitrogens with zero attached hydrogens (tertiary/aromatic N) is 1. The van der Waals surface area contributed by atoms with Crippen molar-refractivity contribution in [1.29, 1.82) is 0 Å². The lowest BCUT2D eigenvalue weighted by atomic mass is 9.79. The molecule has 1 heterocycles. The maximum absolute atomic E-state index is 13.2. The van der Waals surface area contributed by atoms with E-state index in [9.17, 15) is 9.59 Å². The predicted octanol–water partition coefficient (Wildman–Crippen LogP) is 5.62. The van der Waals surface area contributed by atoms with Gasteiger partial charge in [-0.05, 0) is 60.9 Å². The molecule has 0 atom stereocenters. The lowest BCUT2D eigenvalue weighted by molar-refractivity contribution is -0.137. The third kappa shape index (κ3) is 5.61. The highest BCUT2D eigenvalue weighted by molar-refractivity contribution is 5.99. The first-order valence-corrected chi connectivity index (χ1v) is 13.0. The number of methoxy groups -OCH3 is 4. The Bertz CT molecular complexity index is 1430. The van der Waals surface area contributed by atoms with Crippen molar-refractivity contribution in [2.75, 3.05) is 41.6 Å². The van der Waals surface area contributed by atoms with Crippen molar-refractivity contribution in [3.63, 3.8) is 0 Å². The second-order valence-electron chi connectivity index (χ2n) is 9.39. The molecule has 1 aliphatic rings. The maximum Gasteiger partial charge on any atom is 0.336 e. The normalized spacial score (nSPS) is 13.9. The van der Waals surface area contributed by atoms with Gasteiger partial charge in [-0.25, -0.2) is 9.59 Å². The zero-order chi connectivity index (χ0) is 28.8. The van der Waals surface area contributed by atoms with E-state index in [2.05, 4.69) is 12.1 Å². The van der Waals surface area contributed by atoms with Crippen LogP contribution < -0.4 is 14.2 Å². The van der Waals surface area contributed by atoms with E-state index in [1.807, 2.05) is 55.1 Å². The lowest BCUT2D eigenvalue weighted by Gasteiger charge is -2.38. The molecule has 0 fully saturated rings. The molecule has 8 nitrogen and oxygen atoms in total. The standard InChI is InChI=1S/C32H35NO7/c1-20-28(31(34)38-5)30(24-13-15-26(36-3)27(19-24)37-4)29(32(35)39-6)21(2)33(20)16-9-17-40-25-14-12-22-10-7-8-11-23(22)18-25/h7-8,10-15,18-19,30H,9,16-17H2,1-6H3. The number of rotatable bonds is 10. The summed E-state index contributed by atoms with van der Waals surface area (Å²) in [4.78, 5) is 28.4. The fraction of sp³-hybridized carbons (Fsp3) is 0.312. The van der Waals surface area contributed by atoms with Crippen LogP contribution in [0.3, 0.4) is 0 Å². The summed E-state index contributed by atoms with van der Waals surface area (Å²) in [7, 11) is 5.75. The summed E-state index contributed by atoms with van der Waals surface area (Å²) in [6.07, 6.45) is 0.644. The van der Waals surface area contributed by atoms with Gasteiger partial charge >= 0.3 is 11.9 Å². The van der Waals surface area contributed by atoms with E-state index in [4.69, 9.17) is 23.7 Å². The van der Waals surface area contributed by atoms with Crippen LogP contribution in [0.2, 0.25) is 0 Å². The summed E-state index contributed by atoms with van der Waals surface area (Å²) in [5.41, 5.74) is 2.79. The number of benzene rings is 3. The van der Waals surface area contributed by atoms with Crippen molar-refractivity contribution in [2.24, 2.45) is 0 Å². The minimum atomic E-state index is -0.718. The Morgan fingerprint density at radius 1 is 0.750 bits per heavy atom. The molecule has 0 amide bonds. The highest BCUT2D eigenvalue weighted by Crippen LogP contribution is 2.44. The molecule has 0 saturated carbocycles. The van der Waals surface area contributed by atoms with Gasteiger partial charge < -0.3 is 28.6 Å². The van der Waals surface area contributed by atoms with Gasteiger partial charge in [0.25, 0.3) is 0 Å². The first kappa shape index (κ1) is 28.5. The molecule has 210 valence electrons. The quantitative estimate of drug-likeness (QED) is 0.240. The highest BCUT2D eigenvalue weighted by Gasteiger charge is 2.40. The molecule has 3 aromatic carbocycles. The Balaban J connectivity index is 1.65. The molecule has 0 N–H and O–H groups in total. The Morgan fingerprint density at radius 2 is 1.38 bits per heavy atom. The van der Waals surface area contributed by atoms with E-state index in [1.54, 1.807) is 19.2 Å². The van der Waals surface area contributed by atoms with Gasteiger partial charge in [0, 0.05) is 17.9 Å². The minimum Gasteiger partial charge on any atom is -0.494 e. The smallest absolute Gasteiger partial charge is 0.336 e. The molecular formula is C32H35NO7. The van der Waals surface area contributed by atoms with Gasteiger partial charge in [0.15, 0.2) is 11.5 Å². The number of carbonyl (C=O) groups excluding carboxylic acids is 2. The zero-order valence-corrected chi connectivity index (χ0v) is 23.8. The first-order valence-electron chi connectivity index (χ1n) is 13.0. The fourth-order valence-electron chi connectivity index (χ4n) is 5.23. The van der Waals surface area contributed by atoms with Crippen molar-refractivity contribution < 1.29 is 33.3 Å². The Morgan fingerprint density at radius 3 is 1.98 bits per heavy atom. The average molecular weight is 546 g/mol. The van der Waals surface area contributed by atoms with Gasteiger partial charge in [0.2, 0.25) is 0 Å². The molecule has 0 saturated heterocycles. The molecule has 0 aromatic heterocycles. The number of hydrogen-bond donors (Lipinski definition) is 0. The van der Waals surface area contributed by atoms with Gasteiger partial charge in [-0.15, -0.1) is 0 Å². The van der Waals surface area contributed by atoms with E-state index in [0.717, 1.165) is 16.5 Å². The zero-order valence-electron chi connectivity index (χ0n) is 23.8. The summed E-state index contributed by atoms with van der Waals surface area (Å²) in [6.45, 7) is 4.70. The summed E-state index contributed by atoms with van der Waals surface area (Å²) >= 11 is 0. The third-order valence-corrected chi connectivity index (χ3v) is 7.23. The first-order chi connectivity index (χ1) is 19.3. The summed E-state index contributed by atoms with van der Waals surface area (Å²) in [5.74, 6) is 0.0423. The Hall–Kier alpha value is -4.46. The van der Waals surface area contributed by atoms with E-state index in [1.165, 1.54) is 21.3 Å². The van der Waals surface area contributed by atoms with Crippen LogP contribution in [0.25, 0.3) is 10.8 Å². The second kappa shape index (κ2) is 12.6. The molecule has 0 bridgehead atoms.